The quantitative estimate of drug-likeness (QED) is 0.788. The standard InChI is InChI=1S/C17H16N2O4S/c18-24(21,22)10-11-7-17(20)19(9-11)12-5-6-16-14(8-12)13-3-1-2-4-15(13)23-16/h1-6,8,11H,7,9-10H2,(H2,18,21,22). The van der Waals surface area contributed by atoms with Gasteiger partial charge in [0.2, 0.25) is 15.9 Å². The SMILES string of the molecule is NS(=O)(=O)CC1CC(=O)N(c2ccc3oc4ccccc4c3c2)C1. The van der Waals surface area contributed by atoms with Crippen LogP contribution in [-0.2, 0) is 14.8 Å². The van der Waals surface area contributed by atoms with Gasteiger partial charge in [0.15, 0.2) is 0 Å². The highest BCUT2D eigenvalue weighted by atomic mass is 32.2. The first-order valence-corrected chi connectivity index (χ1v) is 9.34. The largest absolute Gasteiger partial charge is 0.456 e. The van der Waals surface area contributed by atoms with Crippen molar-refractivity contribution in [2.24, 2.45) is 11.1 Å². The van der Waals surface area contributed by atoms with E-state index in [2.05, 4.69) is 0 Å². The van der Waals surface area contributed by atoms with Gasteiger partial charge in [0.05, 0.1) is 5.75 Å². The summed E-state index contributed by atoms with van der Waals surface area (Å²) in [6.07, 6.45) is 0.195. The van der Waals surface area contributed by atoms with Crippen molar-refractivity contribution in [2.75, 3.05) is 17.2 Å². The lowest BCUT2D eigenvalue weighted by Crippen LogP contribution is -2.27. The van der Waals surface area contributed by atoms with Crippen molar-refractivity contribution in [1.82, 2.24) is 0 Å². The maximum Gasteiger partial charge on any atom is 0.227 e. The van der Waals surface area contributed by atoms with Crippen LogP contribution in [0.15, 0.2) is 46.9 Å². The summed E-state index contributed by atoms with van der Waals surface area (Å²) in [5.41, 5.74) is 2.30. The minimum Gasteiger partial charge on any atom is -0.456 e. The number of sulfonamides is 1. The highest BCUT2D eigenvalue weighted by molar-refractivity contribution is 7.89. The second-order valence-electron chi connectivity index (χ2n) is 6.18. The van der Waals surface area contributed by atoms with Gasteiger partial charge >= 0.3 is 0 Å². The van der Waals surface area contributed by atoms with Crippen LogP contribution in [0.2, 0.25) is 0 Å². The van der Waals surface area contributed by atoms with E-state index in [1.807, 2.05) is 42.5 Å². The van der Waals surface area contributed by atoms with Crippen LogP contribution >= 0.6 is 0 Å². The molecule has 0 saturated carbocycles. The normalized spacial score (nSPS) is 18.8. The number of amides is 1. The lowest BCUT2D eigenvalue weighted by Gasteiger charge is -2.16. The Bertz CT molecular complexity index is 1050. The molecule has 1 aliphatic heterocycles. The summed E-state index contributed by atoms with van der Waals surface area (Å²) < 4.78 is 28.3. The Morgan fingerprint density at radius 1 is 1.12 bits per heavy atom. The maximum atomic E-state index is 12.3. The Hall–Kier alpha value is -2.38. The molecule has 124 valence electrons. The molecule has 24 heavy (non-hydrogen) atoms. The molecular weight excluding hydrogens is 328 g/mol. The van der Waals surface area contributed by atoms with Gasteiger partial charge in [-0.25, -0.2) is 13.6 Å². The molecule has 1 amide bonds. The summed E-state index contributed by atoms with van der Waals surface area (Å²) >= 11 is 0. The summed E-state index contributed by atoms with van der Waals surface area (Å²) in [5.74, 6) is -0.536. The number of hydrogen-bond acceptors (Lipinski definition) is 4. The van der Waals surface area contributed by atoms with Gasteiger partial charge in [0, 0.05) is 35.3 Å². The third-order valence-corrected chi connectivity index (χ3v) is 5.28. The number of nitrogens with zero attached hydrogens (tertiary/aromatic N) is 1. The van der Waals surface area contributed by atoms with Crippen LogP contribution < -0.4 is 10.0 Å². The number of nitrogens with two attached hydrogens (primary N) is 1. The second kappa shape index (κ2) is 5.32. The number of carbonyl (C=O) groups excluding carboxylic acids is 1. The number of primary sulfonamides is 1. The molecule has 0 spiro atoms. The van der Waals surface area contributed by atoms with Crippen molar-refractivity contribution >= 4 is 43.6 Å². The Morgan fingerprint density at radius 3 is 2.67 bits per heavy atom. The molecule has 6 nitrogen and oxygen atoms in total. The highest BCUT2D eigenvalue weighted by Crippen LogP contribution is 2.33. The summed E-state index contributed by atoms with van der Waals surface area (Å²) in [6.45, 7) is 0.358. The molecule has 0 radical (unpaired) electrons. The van der Waals surface area contributed by atoms with E-state index in [4.69, 9.17) is 9.56 Å². The predicted octanol–water partition coefficient (Wildman–Crippen LogP) is 2.23. The number of furan rings is 1. The number of para-hydroxylation sites is 1. The Kier molecular flexibility index (Phi) is 3.36. The summed E-state index contributed by atoms with van der Waals surface area (Å²) in [5, 5.41) is 7.02. The molecule has 2 aromatic carbocycles. The van der Waals surface area contributed by atoms with Crippen molar-refractivity contribution in [3.63, 3.8) is 0 Å². The van der Waals surface area contributed by atoms with Gasteiger partial charge in [-0.05, 0) is 24.3 Å². The molecule has 2 N–H and O–H groups in total. The summed E-state index contributed by atoms with van der Waals surface area (Å²) in [4.78, 5) is 13.9. The van der Waals surface area contributed by atoms with Crippen LogP contribution in [0.3, 0.4) is 0 Å². The van der Waals surface area contributed by atoms with Crippen LogP contribution in [0.1, 0.15) is 6.42 Å². The lowest BCUT2D eigenvalue weighted by molar-refractivity contribution is -0.117. The number of anilines is 1. The van der Waals surface area contributed by atoms with Crippen LogP contribution in [0.5, 0.6) is 0 Å². The number of hydrogen-bond donors (Lipinski definition) is 1. The van der Waals surface area contributed by atoms with E-state index < -0.39 is 10.0 Å². The Morgan fingerprint density at radius 2 is 1.88 bits per heavy atom. The fourth-order valence-electron chi connectivity index (χ4n) is 3.35. The molecule has 3 aromatic rings. The molecule has 1 fully saturated rings. The molecule has 1 saturated heterocycles. The number of rotatable bonds is 3. The van der Waals surface area contributed by atoms with Gasteiger partial charge in [-0.3, -0.25) is 4.79 Å². The van der Waals surface area contributed by atoms with Crippen molar-refractivity contribution in [3.8, 4) is 0 Å². The van der Waals surface area contributed by atoms with Crippen molar-refractivity contribution in [3.05, 3.63) is 42.5 Å². The number of carbonyl (C=O) groups is 1. The first-order valence-electron chi connectivity index (χ1n) is 7.63. The number of fused-ring (bicyclic) bond motifs is 3. The van der Waals surface area contributed by atoms with Gasteiger partial charge in [-0.2, -0.15) is 0 Å². The monoisotopic (exact) mass is 344 g/mol. The van der Waals surface area contributed by atoms with Gasteiger partial charge in [0.1, 0.15) is 11.2 Å². The first kappa shape index (κ1) is 15.2. The summed E-state index contributed by atoms with van der Waals surface area (Å²) in [6, 6.07) is 13.3. The fraction of sp³-hybridized carbons (Fsp3) is 0.235. The van der Waals surface area contributed by atoms with Gasteiger partial charge in [-0.15, -0.1) is 0 Å². The molecule has 1 aliphatic rings. The molecular formula is C17H16N2O4S. The molecule has 7 heteroatoms. The van der Waals surface area contributed by atoms with E-state index in [-0.39, 0.29) is 24.0 Å². The van der Waals surface area contributed by atoms with Crippen molar-refractivity contribution in [1.29, 1.82) is 0 Å². The Labute approximate surface area is 138 Å². The van der Waals surface area contributed by atoms with E-state index in [1.54, 1.807) is 4.90 Å². The smallest absolute Gasteiger partial charge is 0.227 e. The molecule has 0 bridgehead atoms. The molecule has 2 heterocycles. The third kappa shape index (κ3) is 2.65. The van der Waals surface area contributed by atoms with Crippen LogP contribution in [-0.4, -0.2) is 26.6 Å². The predicted molar refractivity (Wildman–Crippen MR) is 92.2 cm³/mol. The average molecular weight is 344 g/mol. The second-order valence-corrected chi connectivity index (χ2v) is 7.84. The van der Waals surface area contributed by atoms with Gasteiger partial charge in [-0.1, -0.05) is 18.2 Å². The zero-order valence-corrected chi connectivity index (χ0v) is 13.6. The first-order chi connectivity index (χ1) is 11.4. The third-order valence-electron chi connectivity index (χ3n) is 4.35. The highest BCUT2D eigenvalue weighted by Gasteiger charge is 2.33. The van der Waals surface area contributed by atoms with Gasteiger partial charge < -0.3 is 9.32 Å². The minimum absolute atomic E-state index is 0.0872. The fourth-order valence-corrected chi connectivity index (χ4v) is 4.23. The summed E-state index contributed by atoms with van der Waals surface area (Å²) in [7, 11) is -3.59. The van der Waals surface area contributed by atoms with E-state index >= 15 is 0 Å². The van der Waals surface area contributed by atoms with Crippen LogP contribution in [0, 0.1) is 5.92 Å². The van der Waals surface area contributed by atoms with Crippen molar-refractivity contribution < 1.29 is 17.6 Å². The van der Waals surface area contributed by atoms with E-state index in [0.717, 1.165) is 27.6 Å². The Balaban J connectivity index is 1.71. The molecule has 1 aromatic heterocycles. The molecule has 4 rings (SSSR count). The van der Waals surface area contributed by atoms with Crippen molar-refractivity contribution in [2.45, 2.75) is 6.42 Å². The maximum absolute atomic E-state index is 12.3. The minimum atomic E-state index is -3.59. The van der Waals surface area contributed by atoms with E-state index in [0.29, 0.717) is 6.54 Å². The van der Waals surface area contributed by atoms with Crippen LogP contribution in [0.25, 0.3) is 21.9 Å². The lowest BCUT2D eigenvalue weighted by atomic mass is 10.1. The molecule has 0 aliphatic carbocycles. The molecule has 1 atom stereocenters. The van der Waals surface area contributed by atoms with E-state index in [9.17, 15) is 13.2 Å². The van der Waals surface area contributed by atoms with Crippen LogP contribution in [0.4, 0.5) is 5.69 Å². The topological polar surface area (TPSA) is 93.6 Å². The number of benzene rings is 2. The molecule has 1 unspecified atom stereocenters. The average Bonchev–Trinajstić information content (AvgIpc) is 3.05. The zero-order chi connectivity index (χ0) is 16.9. The van der Waals surface area contributed by atoms with E-state index in [1.165, 1.54) is 0 Å². The zero-order valence-electron chi connectivity index (χ0n) is 12.8. The van der Waals surface area contributed by atoms with Gasteiger partial charge in [0.25, 0.3) is 0 Å².